The molecule has 1 fully saturated rings. The second-order valence-corrected chi connectivity index (χ2v) is 6.92. The van der Waals surface area contributed by atoms with Crippen LogP contribution in [0.25, 0.3) is 0 Å². The topological polar surface area (TPSA) is 75.2 Å². The number of rotatable bonds is 3. The van der Waals surface area contributed by atoms with Gasteiger partial charge in [0.25, 0.3) is 0 Å². The van der Waals surface area contributed by atoms with Gasteiger partial charge in [-0.1, -0.05) is 6.92 Å². The Hall–Kier alpha value is -0.730. The molecule has 1 aliphatic rings. The van der Waals surface area contributed by atoms with Gasteiger partial charge >= 0.3 is 10.2 Å². The summed E-state index contributed by atoms with van der Waals surface area (Å²) in [5.74, 6) is 0.628. The quantitative estimate of drug-likeness (QED) is 0.911. The SMILES string of the molecule is CC1CCCN(S(=O)(=O)Nc2cnc(Br)cn2)C1. The summed E-state index contributed by atoms with van der Waals surface area (Å²) in [4.78, 5) is 7.88. The Morgan fingerprint density at radius 2 is 2.22 bits per heavy atom. The van der Waals surface area contributed by atoms with Crippen molar-refractivity contribution >= 4 is 32.0 Å². The predicted molar refractivity (Wildman–Crippen MR) is 72.2 cm³/mol. The van der Waals surface area contributed by atoms with Crippen LogP contribution in [0, 0.1) is 5.92 Å². The third kappa shape index (κ3) is 3.39. The zero-order valence-electron chi connectivity index (χ0n) is 10.0. The molecule has 1 atom stereocenters. The Kier molecular flexibility index (Phi) is 4.18. The van der Waals surface area contributed by atoms with Gasteiger partial charge in [0.15, 0.2) is 5.82 Å². The van der Waals surface area contributed by atoms with E-state index in [1.165, 1.54) is 16.7 Å². The fraction of sp³-hybridized carbons (Fsp3) is 0.600. The zero-order chi connectivity index (χ0) is 13.2. The minimum atomic E-state index is -3.52. The van der Waals surface area contributed by atoms with Crippen molar-refractivity contribution in [2.24, 2.45) is 5.92 Å². The van der Waals surface area contributed by atoms with Crippen LogP contribution in [0.15, 0.2) is 17.0 Å². The number of hydrogen-bond donors (Lipinski definition) is 1. The molecule has 2 rings (SSSR count). The first-order valence-corrected chi connectivity index (χ1v) is 7.96. The van der Waals surface area contributed by atoms with Gasteiger partial charge in [0.05, 0.1) is 12.4 Å². The number of nitrogens with zero attached hydrogens (tertiary/aromatic N) is 3. The average molecular weight is 335 g/mol. The highest BCUT2D eigenvalue weighted by molar-refractivity contribution is 9.10. The van der Waals surface area contributed by atoms with Gasteiger partial charge in [-0.25, -0.2) is 9.97 Å². The van der Waals surface area contributed by atoms with E-state index in [1.807, 2.05) is 0 Å². The first kappa shape index (κ1) is 13.7. The van der Waals surface area contributed by atoms with Gasteiger partial charge in [-0.15, -0.1) is 0 Å². The van der Waals surface area contributed by atoms with Gasteiger partial charge < -0.3 is 0 Å². The lowest BCUT2D eigenvalue weighted by molar-refractivity contribution is 0.282. The number of nitrogens with one attached hydrogen (secondary N) is 1. The van der Waals surface area contributed by atoms with Crippen molar-refractivity contribution < 1.29 is 8.42 Å². The second kappa shape index (κ2) is 5.50. The summed E-state index contributed by atoms with van der Waals surface area (Å²) in [6.07, 6.45) is 4.81. The largest absolute Gasteiger partial charge is 0.302 e. The molecule has 1 aromatic heterocycles. The molecule has 1 aromatic rings. The first-order chi connectivity index (χ1) is 8.47. The fourth-order valence-electron chi connectivity index (χ4n) is 1.93. The molecule has 0 aromatic carbocycles. The summed E-state index contributed by atoms with van der Waals surface area (Å²) in [5, 5.41) is 0. The molecule has 0 aliphatic carbocycles. The van der Waals surface area contributed by atoms with E-state index in [1.54, 1.807) is 0 Å². The van der Waals surface area contributed by atoms with Crippen LogP contribution in [-0.4, -0.2) is 35.8 Å². The van der Waals surface area contributed by atoms with Gasteiger partial charge in [-0.05, 0) is 34.7 Å². The van der Waals surface area contributed by atoms with Crippen LogP contribution in [0.4, 0.5) is 5.82 Å². The number of hydrogen-bond acceptors (Lipinski definition) is 4. The number of piperidine rings is 1. The van der Waals surface area contributed by atoms with E-state index in [0.717, 1.165) is 12.8 Å². The Balaban J connectivity index is 2.09. The van der Waals surface area contributed by atoms with E-state index >= 15 is 0 Å². The molecule has 1 N–H and O–H groups in total. The molecule has 18 heavy (non-hydrogen) atoms. The highest BCUT2D eigenvalue weighted by Gasteiger charge is 2.27. The van der Waals surface area contributed by atoms with Crippen LogP contribution in [0.3, 0.4) is 0 Å². The summed E-state index contributed by atoms with van der Waals surface area (Å²) in [7, 11) is -3.52. The van der Waals surface area contributed by atoms with Crippen LogP contribution < -0.4 is 4.72 Å². The number of halogens is 1. The standard InChI is InChI=1S/C10H15BrN4O2S/c1-8-3-2-4-15(7-8)18(16,17)14-10-6-12-9(11)5-13-10/h5-6,8H,2-4,7H2,1H3,(H,13,14). The van der Waals surface area contributed by atoms with E-state index in [0.29, 0.717) is 23.6 Å². The normalized spacial score (nSPS) is 21.8. The van der Waals surface area contributed by atoms with Gasteiger partial charge in [-0.2, -0.15) is 12.7 Å². The molecule has 0 amide bonds. The molecule has 100 valence electrons. The molecule has 1 unspecified atom stereocenters. The third-order valence-corrected chi connectivity index (χ3v) is 4.70. The van der Waals surface area contributed by atoms with Crippen molar-refractivity contribution in [1.82, 2.24) is 14.3 Å². The lowest BCUT2D eigenvalue weighted by atomic mass is 10.0. The lowest BCUT2D eigenvalue weighted by Crippen LogP contribution is -2.42. The van der Waals surface area contributed by atoms with Gasteiger partial charge in [0, 0.05) is 13.1 Å². The average Bonchev–Trinajstić information content (AvgIpc) is 2.32. The number of anilines is 1. The highest BCUT2D eigenvalue weighted by atomic mass is 79.9. The molecule has 1 saturated heterocycles. The minimum Gasteiger partial charge on any atom is -0.253 e. The van der Waals surface area contributed by atoms with E-state index in [4.69, 9.17) is 0 Å². The summed E-state index contributed by atoms with van der Waals surface area (Å²) in [6.45, 7) is 3.17. The fourth-order valence-corrected chi connectivity index (χ4v) is 3.45. The van der Waals surface area contributed by atoms with E-state index in [2.05, 4.69) is 37.5 Å². The molecular formula is C10H15BrN4O2S. The van der Waals surface area contributed by atoms with Crippen LogP contribution in [-0.2, 0) is 10.2 Å². The molecule has 6 nitrogen and oxygen atoms in total. The Morgan fingerprint density at radius 1 is 1.44 bits per heavy atom. The molecule has 2 heterocycles. The van der Waals surface area contributed by atoms with Crippen molar-refractivity contribution in [1.29, 1.82) is 0 Å². The molecule has 0 bridgehead atoms. The molecular weight excluding hydrogens is 320 g/mol. The van der Waals surface area contributed by atoms with Gasteiger partial charge in [0.1, 0.15) is 4.60 Å². The molecule has 1 aliphatic heterocycles. The van der Waals surface area contributed by atoms with E-state index < -0.39 is 10.2 Å². The number of aromatic nitrogens is 2. The predicted octanol–water partition coefficient (Wildman–Crippen LogP) is 1.63. The Labute approximate surface area is 115 Å². The van der Waals surface area contributed by atoms with E-state index in [9.17, 15) is 8.42 Å². The first-order valence-electron chi connectivity index (χ1n) is 5.73. The molecule has 8 heteroatoms. The summed E-state index contributed by atoms with van der Waals surface area (Å²) >= 11 is 3.15. The maximum atomic E-state index is 12.1. The zero-order valence-corrected chi connectivity index (χ0v) is 12.4. The Morgan fingerprint density at radius 3 is 2.83 bits per heavy atom. The maximum Gasteiger partial charge on any atom is 0.302 e. The second-order valence-electron chi connectivity index (χ2n) is 4.44. The van der Waals surface area contributed by atoms with Crippen LogP contribution in [0.5, 0.6) is 0 Å². The Bertz CT molecular complexity index is 505. The van der Waals surface area contributed by atoms with Crippen LogP contribution in [0.2, 0.25) is 0 Å². The smallest absolute Gasteiger partial charge is 0.253 e. The van der Waals surface area contributed by atoms with Crippen LogP contribution in [0.1, 0.15) is 19.8 Å². The summed E-state index contributed by atoms with van der Waals surface area (Å²) in [6, 6.07) is 0. The van der Waals surface area contributed by atoms with Crippen LogP contribution >= 0.6 is 15.9 Å². The lowest BCUT2D eigenvalue weighted by Gasteiger charge is -2.29. The van der Waals surface area contributed by atoms with Crippen molar-refractivity contribution in [3.63, 3.8) is 0 Å². The molecule has 0 saturated carbocycles. The van der Waals surface area contributed by atoms with Gasteiger partial charge in [0.2, 0.25) is 0 Å². The van der Waals surface area contributed by atoms with Crippen molar-refractivity contribution in [2.45, 2.75) is 19.8 Å². The van der Waals surface area contributed by atoms with Gasteiger partial charge in [-0.3, -0.25) is 4.72 Å². The molecule has 0 spiro atoms. The molecule has 0 radical (unpaired) electrons. The third-order valence-electron chi connectivity index (χ3n) is 2.81. The highest BCUT2D eigenvalue weighted by Crippen LogP contribution is 2.19. The maximum absolute atomic E-state index is 12.1. The van der Waals surface area contributed by atoms with E-state index in [-0.39, 0.29) is 5.82 Å². The van der Waals surface area contributed by atoms with Crippen molar-refractivity contribution in [3.8, 4) is 0 Å². The van der Waals surface area contributed by atoms with Crippen molar-refractivity contribution in [3.05, 3.63) is 17.0 Å². The van der Waals surface area contributed by atoms with Crippen molar-refractivity contribution in [2.75, 3.05) is 17.8 Å². The summed E-state index contributed by atoms with van der Waals surface area (Å²) < 4.78 is 28.7. The minimum absolute atomic E-state index is 0.233. The summed E-state index contributed by atoms with van der Waals surface area (Å²) in [5.41, 5.74) is 0. The monoisotopic (exact) mass is 334 g/mol.